The van der Waals surface area contributed by atoms with Crippen molar-refractivity contribution in [2.75, 3.05) is 20.3 Å². The number of hydrogen-bond acceptors (Lipinski definition) is 3. The van der Waals surface area contributed by atoms with Gasteiger partial charge < -0.3 is 17.3 Å². The van der Waals surface area contributed by atoms with E-state index in [9.17, 15) is 5.11 Å². The quantitative estimate of drug-likeness (QED) is 0.388. The summed E-state index contributed by atoms with van der Waals surface area (Å²) in [7, 11) is 1.63. The van der Waals surface area contributed by atoms with Crippen molar-refractivity contribution in [3.8, 4) is 5.75 Å². The van der Waals surface area contributed by atoms with E-state index in [1.807, 2.05) is 12.1 Å². The number of para-hydroxylation sites is 1. The van der Waals surface area contributed by atoms with Crippen LogP contribution in [0.3, 0.4) is 0 Å². The van der Waals surface area contributed by atoms with Gasteiger partial charge in [0.05, 0.1) is 13.2 Å². The number of nitrogens with zero attached hydrogens (tertiary/aromatic N) is 1. The Bertz CT molecular complexity index is 290. The van der Waals surface area contributed by atoms with Crippen molar-refractivity contribution in [1.29, 1.82) is 0 Å². The molecule has 0 aliphatic carbocycles. The molecule has 15 heavy (non-hydrogen) atoms. The fourth-order valence-corrected chi connectivity index (χ4v) is 0.904. The van der Waals surface area contributed by atoms with Crippen molar-refractivity contribution in [1.82, 2.24) is 0 Å². The van der Waals surface area contributed by atoms with E-state index in [4.69, 9.17) is 4.74 Å². The van der Waals surface area contributed by atoms with Crippen molar-refractivity contribution in [2.45, 2.75) is 0 Å². The molecule has 1 aromatic rings. The second kappa shape index (κ2) is 9.81. The largest absolute Gasteiger partial charge is 0.507 e. The maximum Gasteiger partial charge on any atom is 0.124 e. The third kappa shape index (κ3) is 6.37. The van der Waals surface area contributed by atoms with Crippen LogP contribution in [-0.2, 0) is 24.2 Å². The van der Waals surface area contributed by atoms with Crippen molar-refractivity contribution < 1.29 is 29.3 Å². The van der Waals surface area contributed by atoms with Gasteiger partial charge in [-0.15, -0.1) is 0 Å². The van der Waals surface area contributed by atoms with Gasteiger partial charge in [-0.25, -0.2) is 0 Å². The van der Waals surface area contributed by atoms with Crippen LogP contribution in [0.1, 0.15) is 5.56 Å². The molecule has 3 nitrogen and oxygen atoms in total. The van der Waals surface area contributed by atoms with Gasteiger partial charge in [-0.3, -0.25) is 4.99 Å². The summed E-state index contributed by atoms with van der Waals surface area (Å²) < 4.78 is 4.83. The summed E-state index contributed by atoms with van der Waals surface area (Å²) in [4.78, 5) is 4.08. The molecule has 0 fully saturated rings. The first-order valence-electron chi connectivity index (χ1n) is 4.11. The van der Waals surface area contributed by atoms with E-state index in [1.54, 1.807) is 25.5 Å². The van der Waals surface area contributed by atoms with Crippen LogP contribution in [0.2, 0.25) is 0 Å². The Morgan fingerprint density at radius 3 is 2.67 bits per heavy atom. The number of phenolic OH excluding ortho intramolecular Hbond substituents is 1. The molecule has 0 heterocycles. The third-order valence-corrected chi connectivity index (χ3v) is 1.59. The molecule has 0 aliphatic rings. The maximum atomic E-state index is 9.34. The van der Waals surface area contributed by atoms with Gasteiger partial charge in [0, 0.05) is 38.4 Å². The Kier molecular flexibility index (Phi) is 10.9. The van der Waals surface area contributed by atoms with Crippen LogP contribution < -0.4 is 0 Å². The molecule has 0 bridgehead atoms. The van der Waals surface area contributed by atoms with Crippen molar-refractivity contribution in [2.24, 2.45) is 4.99 Å². The van der Waals surface area contributed by atoms with Gasteiger partial charge in [-0.2, -0.15) is 0 Å². The van der Waals surface area contributed by atoms with Crippen LogP contribution in [0.25, 0.3) is 0 Å². The van der Waals surface area contributed by atoms with E-state index < -0.39 is 0 Å². The average molecular weight is 260 g/mol. The zero-order valence-electron chi connectivity index (χ0n) is 9.31. The van der Waals surface area contributed by atoms with E-state index in [0.29, 0.717) is 13.2 Å². The molecule has 0 amide bonds. The minimum absolute atomic E-state index is 0. The topological polar surface area (TPSA) is 41.8 Å². The monoisotopic (exact) mass is 258 g/mol. The Labute approximate surface area is 104 Å². The summed E-state index contributed by atoms with van der Waals surface area (Å²) in [5.74, 6) is 0.253. The normalized spacial score (nSPS) is 9.40. The smallest absolute Gasteiger partial charge is 0.124 e. The predicted octanol–water partition coefficient (Wildman–Crippen LogP) is 1.91. The number of phenols is 1. The summed E-state index contributed by atoms with van der Waals surface area (Å²) in [6.45, 7) is 1.22. The van der Waals surface area contributed by atoms with Crippen LogP contribution in [0, 0.1) is 7.43 Å². The van der Waals surface area contributed by atoms with E-state index in [-0.39, 0.29) is 32.7 Å². The Balaban J connectivity index is 0. The summed E-state index contributed by atoms with van der Waals surface area (Å²) >= 11 is 0. The third-order valence-electron chi connectivity index (χ3n) is 1.59. The number of hydrogen-bond donors (Lipinski definition) is 1. The van der Waals surface area contributed by atoms with E-state index in [0.717, 1.165) is 5.56 Å². The Morgan fingerprint density at radius 1 is 1.40 bits per heavy atom. The maximum absolute atomic E-state index is 9.34. The molecule has 0 unspecified atom stereocenters. The van der Waals surface area contributed by atoms with Gasteiger partial charge in [0.2, 0.25) is 0 Å². The van der Waals surface area contributed by atoms with Crippen LogP contribution >= 0.6 is 0 Å². The minimum Gasteiger partial charge on any atom is -0.507 e. The number of aliphatic imine (C=N–C) groups is 1. The molecule has 1 rings (SSSR count). The SMILES string of the molecule is COCCN=Cc1ccccc1O.[CH3-].[Zn]. The second-order valence-corrected chi connectivity index (χ2v) is 2.59. The molecule has 0 saturated carbocycles. The van der Waals surface area contributed by atoms with Gasteiger partial charge in [-0.05, 0) is 12.1 Å². The molecule has 0 atom stereocenters. The molecule has 0 spiro atoms. The van der Waals surface area contributed by atoms with Crippen LogP contribution in [0.5, 0.6) is 5.75 Å². The number of ether oxygens (including phenoxy) is 1. The number of rotatable bonds is 4. The first-order chi connectivity index (χ1) is 6.34. The number of aromatic hydroxyl groups is 1. The zero-order chi connectivity index (χ0) is 9.52. The van der Waals surface area contributed by atoms with Gasteiger partial charge in [0.25, 0.3) is 0 Å². The molecular weight excluding hydrogens is 244 g/mol. The zero-order valence-corrected chi connectivity index (χ0v) is 12.3. The average Bonchev–Trinajstić information content (AvgIpc) is 2.15. The molecule has 0 aliphatic heterocycles. The fraction of sp³-hybridized carbons (Fsp3) is 0.273. The van der Waals surface area contributed by atoms with Gasteiger partial charge in [-0.1, -0.05) is 12.1 Å². The van der Waals surface area contributed by atoms with E-state index >= 15 is 0 Å². The number of methoxy groups -OCH3 is 1. The Hall–Kier alpha value is -0.727. The van der Waals surface area contributed by atoms with E-state index in [2.05, 4.69) is 4.99 Å². The summed E-state index contributed by atoms with van der Waals surface area (Å²) in [6, 6.07) is 7.09. The van der Waals surface area contributed by atoms with Crippen LogP contribution in [0.4, 0.5) is 0 Å². The standard InChI is InChI=1S/C10H13NO2.CH3.Zn/c1-13-7-6-11-8-9-4-2-3-5-10(9)12;;/h2-5,8,12H,6-7H2,1H3;1H3;/q;-1;. The molecule has 1 aromatic carbocycles. The van der Waals surface area contributed by atoms with Gasteiger partial charge in [0.15, 0.2) is 0 Å². The molecule has 0 radical (unpaired) electrons. The molecular formula is C11H16NO2Zn-. The van der Waals surface area contributed by atoms with Crippen LogP contribution in [-0.4, -0.2) is 31.6 Å². The molecule has 4 heteroatoms. The molecule has 1 N–H and O–H groups in total. The Morgan fingerprint density at radius 2 is 2.07 bits per heavy atom. The van der Waals surface area contributed by atoms with Crippen LogP contribution in [0.15, 0.2) is 29.3 Å². The minimum atomic E-state index is 0. The second-order valence-electron chi connectivity index (χ2n) is 2.59. The van der Waals surface area contributed by atoms with Gasteiger partial charge in [0.1, 0.15) is 5.75 Å². The predicted molar refractivity (Wildman–Crippen MR) is 58.9 cm³/mol. The van der Waals surface area contributed by atoms with E-state index in [1.165, 1.54) is 0 Å². The molecule has 0 aromatic heterocycles. The molecule has 80 valence electrons. The summed E-state index contributed by atoms with van der Waals surface area (Å²) in [5.41, 5.74) is 0.735. The van der Waals surface area contributed by atoms with Gasteiger partial charge >= 0.3 is 0 Å². The number of benzene rings is 1. The first kappa shape index (κ1) is 16.7. The summed E-state index contributed by atoms with van der Waals surface area (Å²) in [5, 5.41) is 9.34. The fourth-order valence-electron chi connectivity index (χ4n) is 0.904. The summed E-state index contributed by atoms with van der Waals surface area (Å²) in [6.07, 6.45) is 1.65. The van der Waals surface area contributed by atoms with Crippen molar-refractivity contribution in [3.05, 3.63) is 37.3 Å². The molecule has 0 saturated heterocycles. The first-order valence-corrected chi connectivity index (χ1v) is 4.11. The van der Waals surface area contributed by atoms with Crippen molar-refractivity contribution >= 4 is 6.21 Å². The van der Waals surface area contributed by atoms with Crippen molar-refractivity contribution in [3.63, 3.8) is 0 Å².